The normalized spacial score (nSPS) is 16.9. The largest absolute Gasteiger partial charge is 0.478 e. The minimum absolute atomic E-state index is 0.198. The fourth-order valence-corrected chi connectivity index (χ4v) is 6.13. The molecule has 0 spiro atoms. The first kappa shape index (κ1) is 34.2. The van der Waals surface area contributed by atoms with Crippen LogP contribution in [0.15, 0.2) is 60.7 Å². The van der Waals surface area contributed by atoms with Gasteiger partial charge in [0.15, 0.2) is 5.69 Å². The van der Waals surface area contributed by atoms with Crippen LogP contribution >= 0.6 is 59.0 Å². The van der Waals surface area contributed by atoms with Crippen LogP contribution in [0.2, 0.25) is 20.1 Å². The van der Waals surface area contributed by atoms with Gasteiger partial charge in [0.1, 0.15) is 0 Å². The molecule has 5 rings (SSSR count). The number of hydrogen-bond donors (Lipinski definition) is 3. The van der Waals surface area contributed by atoms with Crippen molar-refractivity contribution in [1.82, 2.24) is 20.2 Å². The molecule has 4 aromatic rings. The van der Waals surface area contributed by atoms with Crippen LogP contribution in [0, 0.1) is 19.8 Å². The van der Waals surface area contributed by atoms with Gasteiger partial charge in [-0.3, -0.25) is 10.2 Å². The molecule has 1 aliphatic heterocycles. The highest BCUT2D eigenvalue weighted by Crippen LogP contribution is 2.33. The summed E-state index contributed by atoms with van der Waals surface area (Å²) < 4.78 is 1.69. The van der Waals surface area contributed by atoms with Gasteiger partial charge in [-0.1, -0.05) is 65.5 Å². The summed E-state index contributed by atoms with van der Waals surface area (Å²) in [5, 5.41) is 17.6. The first-order chi connectivity index (χ1) is 20.8. The van der Waals surface area contributed by atoms with E-state index in [9.17, 15) is 9.59 Å². The van der Waals surface area contributed by atoms with E-state index in [2.05, 4.69) is 12.3 Å². The number of rotatable bonds is 5. The highest BCUT2D eigenvalue weighted by Gasteiger charge is 2.27. The smallest absolute Gasteiger partial charge is 0.335 e. The molecule has 1 amide bonds. The quantitative estimate of drug-likeness (QED) is 0.182. The van der Waals surface area contributed by atoms with Crippen molar-refractivity contribution in [3.63, 3.8) is 0 Å². The number of aryl methyl sites for hydroxylation is 1. The topological polar surface area (TPSA) is 87.5 Å². The van der Waals surface area contributed by atoms with Crippen molar-refractivity contribution in [2.45, 2.75) is 38.9 Å². The number of nitrogens with zero attached hydrogens (tertiary/aromatic N) is 3. The molecule has 2 N–H and O–H groups in total. The maximum absolute atomic E-state index is 13.3. The zero-order valence-corrected chi connectivity index (χ0v) is 28.2. The van der Waals surface area contributed by atoms with Gasteiger partial charge in [0, 0.05) is 44.5 Å². The summed E-state index contributed by atoms with van der Waals surface area (Å²) in [6.45, 7) is 7.26. The van der Waals surface area contributed by atoms with Crippen LogP contribution in [0.1, 0.15) is 51.7 Å². The SMILES string of the molecule is Cc1c(C(=O)NN2CCCC(C)C(S)C2)nn(-c2ccc(Cl)cc2Cl)c1-c1ccc(Cl)cc1.Cc1cc(Cl)ccc1C(=O)O. The van der Waals surface area contributed by atoms with E-state index in [-0.39, 0.29) is 11.2 Å². The van der Waals surface area contributed by atoms with Gasteiger partial charge in [-0.25, -0.2) is 14.5 Å². The molecule has 7 nitrogen and oxygen atoms in total. The van der Waals surface area contributed by atoms with Crippen LogP contribution in [-0.4, -0.2) is 50.1 Å². The summed E-state index contributed by atoms with van der Waals surface area (Å²) in [5.74, 6) is -0.680. The zero-order valence-electron chi connectivity index (χ0n) is 24.3. The molecule has 3 aromatic carbocycles. The molecule has 12 heteroatoms. The molecule has 1 aliphatic rings. The number of hydrazine groups is 1. The minimum atomic E-state index is -0.917. The second kappa shape index (κ2) is 15.0. The Kier molecular flexibility index (Phi) is 11.7. The second-order valence-corrected chi connectivity index (χ2v) is 13.1. The summed E-state index contributed by atoms with van der Waals surface area (Å²) in [6.07, 6.45) is 2.09. The van der Waals surface area contributed by atoms with Crippen molar-refractivity contribution in [2.75, 3.05) is 13.1 Å². The van der Waals surface area contributed by atoms with Crippen LogP contribution in [0.5, 0.6) is 0 Å². The average Bonchev–Trinajstić information content (AvgIpc) is 3.21. The molecule has 0 saturated carbocycles. The van der Waals surface area contributed by atoms with Crippen LogP contribution in [0.4, 0.5) is 0 Å². The van der Waals surface area contributed by atoms with E-state index in [0.29, 0.717) is 55.1 Å². The molecule has 2 atom stereocenters. The molecule has 2 unspecified atom stereocenters. The van der Waals surface area contributed by atoms with Gasteiger partial charge in [-0.2, -0.15) is 17.7 Å². The number of halogens is 4. The first-order valence-corrected chi connectivity index (χ1v) is 15.9. The summed E-state index contributed by atoms with van der Waals surface area (Å²) in [5.41, 5.74) is 7.36. The molecular formula is C32H32Cl4N4O3S. The number of thiol groups is 1. The Labute approximate surface area is 282 Å². The van der Waals surface area contributed by atoms with Crippen LogP contribution in [0.3, 0.4) is 0 Å². The predicted molar refractivity (Wildman–Crippen MR) is 182 cm³/mol. The lowest BCUT2D eigenvalue weighted by Crippen LogP contribution is -2.45. The highest BCUT2D eigenvalue weighted by atomic mass is 35.5. The van der Waals surface area contributed by atoms with Gasteiger partial charge in [0.25, 0.3) is 5.91 Å². The van der Waals surface area contributed by atoms with E-state index in [0.717, 1.165) is 36.2 Å². The van der Waals surface area contributed by atoms with E-state index < -0.39 is 5.97 Å². The Balaban J connectivity index is 0.000000339. The van der Waals surface area contributed by atoms with Gasteiger partial charge in [-0.05, 0) is 86.7 Å². The Bertz CT molecular complexity index is 1660. The molecule has 44 heavy (non-hydrogen) atoms. The minimum Gasteiger partial charge on any atom is -0.478 e. The van der Waals surface area contributed by atoms with Crippen molar-refractivity contribution in [3.05, 3.63) is 103 Å². The molecule has 2 heterocycles. The van der Waals surface area contributed by atoms with E-state index in [1.165, 1.54) is 6.07 Å². The van der Waals surface area contributed by atoms with E-state index in [4.69, 9.17) is 69.2 Å². The van der Waals surface area contributed by atoms with Crippen LogP contribution < -0.4 is 5.43 Å². The third-order valence-electron chi connectivity index (χ3n) is 7.42. The van der Waals surface area contributed by atoms with E-state index in [1.54, 1.807) is 41.9 Å². The zero-order chi connectivity index (χ0) is 32.1. The lowest BCUT2D eigenvalue weighted by Gasteiger charge is -2.23. The van der Waals surface area contributed by atoms with E-state index in [1.807, 2.05) is 36.2 Å². The Morgan fingerprint density at radius 3 is 2.23 bits per heavy atom. The molecule has 1 saturated heterocycles. The highest BCUT2D eigenvalue weighted by molar-refractivity contribution is 7.81. The molecule has 0 aliphatic carbocycles. The number of nitrogens with one attached hydrogen (secondary N) is 1. The molecule has 1 fully saturated rings. The number of benzene rings is 3. The van der Waals surface area contributed by atoms with Gasteiger partial charge in [0.05, 0.1) is 22.0 Å². The number of carboxylic acids is 1. The Morgan fingerprint density at radius 2 is 1.59 bits per heavy atom. The lowest BCUT2D eigenvalue weighted by atomic mass is 10.0. The van der Waals surface area contributed by atoms with Crippen molar-refractivity contribution < 1.29 is 14.7 Å². The van der Waals surface area contributed by atoms with Gasteiger partial charge >= 0.3 is 5.97 Å². The number of carbonyl (C=O) groups excluding carboxylic acids is 1. The summed E-state index contributed by atoms with van der Waals surface area (Å²) in [6, 6.07) is 17.3. The van der Waals surface area contributed by atoms with Crippen molar-refractivity contribution >= 4 is 70.9 Å². The number of aromatic carboxylic acids is 1. The molecule has 232 valence electrons. The number of aromatic nitrogens is 2. The molecular weight excluding hydrogens is 662 g/mol. The number of hydrogen-bond acceptors (Lipinski definition) is 5. The maximum atomic E-state index is 13.3. The Hall–Kier alpha value is -2.72. The van der Waals surface area contributed by atoms with Gasteiger partial charge in [-0.15, -0.1) is 0 Å². The summed E-state index contributed by atoms with van der Waals surface area (Å²) >= 11 is 29.1. The van der Waals surface area contributed by atoms with Crippen LogP contribution in [-0.2, 0) is 0 Å². The second-order valence-electron chi connectivity index (χ2n) is 10.7. The average molecular weight is 695 g/mol. The third kappa shape index (κ3) is 8.30. The molecule has 0 bridgehead atoms. The molecule has 1 aromatic heterocycles. The first-order valence-electron chi connectivity index (χ1n) is 13.9. The summed E-state index contributed by atoms with van der Waals surface area (Å²) in [4.78, 5) is 23.8. The lowest BCUT2D eigenvalue weighted by molar-refractivity contribution is 0.0695. The molecule has 0 radical (unpaired) electrons. The van der Waals surface area contributed by atoms with E-state index >= 15 is 0 Å². The number of amides is 1. The fraction of sp³-hybridized carbons (Fsp3) is 0.281. The van der Waals surface area contributed by atoms with Crippen molar-refractivity contribution in [3.8, 4) is 16.9 Å². The van der Waals surface area contributed by atoms with Gasteiger partial charge in [0.2, 0.25) is 0 Å². The summed E-state index contributed by atoms with van der Waals surface area (Å²) in [7, 11) is 0. The standard InChI is InChI=1S/C24H25Cl3N4OS.C8H7ClO2/c1-14-4-3-11-30(13-21(14)33)29-24(32)22-15(2)23(16-5-7-17(25)8-6-16)31(28-22)20-10-9-18(26)12-19(20)27;1-5-4-6(9)2-3-7(5)8(10)11/h5-10,12,14,21,33H,3-4,11,13H2,1-2H3,(H,29,32);2-4H,1H3,(H,10,11). The monoisotopic (exact) mass is 692 g/mol. The number of carbonyl (C=O) groups is 2. The third-order valence-corrected chi connectivity index (χ3v) is 9.12. The van der Waals surface area contributed by atoms with Gasteiger partial charge < -0.3 is 5.11 Å². The predicted octanol–water partition coefficient (Wildman–Crippen LogP) is 8.83. The van der Waals surface area contributed by atoms with Crippen molar-refractivity contribution in [1.29, 1.82) is 0 Å². The van der Waals surface area contributed by atoms with Crippen molar-refractivity contribution in [2.24, 2.45) is 5.92 Å². The number of carboxylic acid groups (broad SMARTS) is 1. The van der Waals surface area contributed by atoms with Crippen LogP contribution in [0.25, 0.3) is 16.9 Å². The maximum Gasteiger partial charge on any atom is 0.335 e. The Morgan fingerprint density at radius 1 is 0.955 bits per heavy atom. The fourth-order valence-electron chi connectivity index (χ4n) is 4.94.